The lowest BCUT2D eigenvalue weighted by atomic mass is 9.93. The number of aromatic nitrogens is 5. The minimum atomic E-state index is -0.719. The molecule has 0 unspecified atom stereocenters. The molecule has 3 heterocycles. The quantitative estimate of drug-likeness (QED) is 0.418. The van der Waals surface area contributed by atoms with E-state index in [4.69, 9.17) is 0 Å². The Balaban J connectivity index is 1.43. The number of pyridine rings is 1. The topological polar surface area (TPSA) is 117 Å². The van der Waals surface area contributed by atoms with Crippen LogP contribution in [-0.4, -0.2) is 48.5 Å². The zero-order chi connectivity index (χ0) is 23.1. The van der Waals surface area contributed by atoms with Gasteiger partial charge in [-0.05, 0) is 50.8 Å². The minimum Gasteiger partial charge on any atom is -0.393 e. The fourth-order valence-electron chi connectivity index (χ4n) is 4.03. The molecule has 3 aromatic heterocycles. The van der Waals surface area contributed by atoms with Crippen molar-refractivity contribution in [2.75, 3.05) is 0 Å². The van der Waals surface area contributed by atoms with Crippen molar-refractivity contribution in [1.82, 2.24) is 30.7 Å². The number of halogens is 2. The SMILES string of the molecule is Cc1nc(C(=O)NC2CCC(O)CC2)sc1-c1cccc(-c2cc(F)c3[nH]nnc3c2F)n1. The number of benzene rings is 1. The summed E-state index contributed by atoms with van der Waals surface area (Å²) >= 11 is 1.19. The lowest BCUT2D eigenvalue weighted by Crippen LogP contribution is -2.38. The lowest BCUT2D eigenvalue weighted by Gasteiger charge is -2.25. The van der Waals surface area contributed by atoms with Gasteiger partial charge in [0.15, 0.2) is 22.2 Å². The highest BCUT2D eigenvalue weighted by atomic mass is 32.1. The number of thiazole rings is 1. The first-order valence-electron chi connectivity index (χ1n) is 10.5. The summed E-state index contributed by atoms with van der Waals surface area (Å²) in [6, 6.07) is 6.07. The van der Waals surface area contributed by atoms with Gasteiger partial charge in [0.2, 0.25) is 0 Å². The minimum absolute atomic E-state index is 0.0133. The molecular weight excluding hydrogens is 450 g/mol. The lowest BCUT2D eigenvalue weighted by molar-refractivity contribution is 0.0867. The van der Waals surface area contributed by atoms with Gasteiger partial charge >= 0.3 is 0 Å². The Labute approximate surface area is 191 Å². The molecule has 1 aliphatic rings. The van der Waals surface area contributed by atoms with Crippen LogP contribution < -0.4 is 5.32 Å². The van der Waals surface area contributed by atoms with E-state index >= 15 is 0 Å². The normalized spacial score (nSPS) is 18.5. The standard InChI is InChI=1S/C22H20F2N6O2S/c1-10-20(33-22(25-10)21(32)26-11-5-7-12(31)8-6-11)16-4-2-3-15(27-16)13-9-14(23)18-19(17(13)24)29-30-28-18/h2-4,9,11-12,31H,5-8H2,1H3,(H,26,32)(H,28,29,30). The average Bonchev–Trinajstić information content (AvgIpc) is 3.46. The van der Waals surface area contributed by atoms with E-state index in [1.165, 1.54) is 11.3 Å². The van der Waals surface area contributed by atoms with Gasteiger partial charge in [0.25, 0.3) is 5.91 Å². The van der Waals surface area contributed by atoms with Crippen molar-refractivity contribution < 1.29 is 18.7 Å². The third-order valence-electron chi connectivity index (χ3n) is 5.78. The molecule has 1 aromatic carbocycles. The number of carbonyl (C=O) groups is 1. The monoisotopic (exact) mass is 470 g/mol. The first kappa shape index (κ1) is 21.5. The van der Waals surface area contributed by atoms with Crippen LogP contribution in [0.1, 0.15) is 41.2 Å². The molecule has 3 N–H and O–H groups in total. The fraction of sp³-hybridized carbons (Fsp3) is 0.318. The Hall–Kier alpha value is -3.31. The molecule has 5 rings (SSSR count). The van der Waals surface area contributed by atoms with Crippen molar-refractivity contribution in [2.24, 2.45) is 0 Å². The van der Waals surface area contributed by atoms with Gasteiger partial charge in [0.1, 0.15) is 5.52 Å². The Bertz CT molecular complexity index is 1350. The van der Waals surface area contributed by atoms with Crippen LogP contribution in [0.4, 0.5) is 8.78 Å². The number of H-pyrrole nitrogens is 1. The molecule has 0 spiro atoms. The van der Waals surface area contributed by atoms with Crippen molar-refractivity contribution in [3.8, 4) is 21.8 Å². The molecule has 0 aliphatic heterocycles. The van der Waals surface area contributed by atoms with Crippen LogP contribution in [0.5, 0.6) is 0 Å². The highest BCUT2D eigenvalue weighted by molar-refractivity contribution is 7.17. The molecule has 1 saturated carbocycles. The summed E-state index contributed by atoms with van der Waals surface area (Å²) in [5.74, 6) is -1.67. The number of amides is 1. The van der Waals surface area contributed by atoms with Crippen LogP contribution in [0.15, 0.2) is 24.3 Å². The number of hydrogen-bond donors (Lipinski definition) is 3. The predicted molar refractivity (Wildman–Crippen MR) is 119 cm³/mol. The second-order valence-corrected chi connectivity index (χ2v) is 9.07. The van der Waals surface area contributed by atoms with Crippen molar-refractivity contribution in [3.63, 3.8) is 0 Å². The van der Waals surface area contributed by atoms with E-state index in [9.17, 15) is 18.7 Å². The van der Waals surface area contributed by atoms with Gasteiger partial charge < -0.3 is 10.4 Å². The summed E-state index contributed by atoms with van der Waals surface area (Å²) in [4.78, 5) is 22.3. The van der Waals surface area contributed by atoms with Crippen molar-refractivity contribution in [1.29, 1.82) is 0 Å². The molecule has 0 saturated heterocycles. The number of nitrogens with one attached hydrogen (secondary N) is 2. The Morgan fingerprint density at radius 2 is 1.94 bits per heavy atom. The molecule has 11 heteroatoms. The Kier molecular flexibility index (Phi) is 5.59. The van der Waals surface area contributed by atoms with Gasteiger partial charge in [-0.2, -0.15) is 0 Å². The highest BCUT2D eigenvalue weighted by Crippen LogP contribution is 2.33. The summed E-state index contributed by atoms with van der Waals surface area (Å²) in [5, 5.41) is 22.4. The second kappa shape index (κ2) is 8.56. The fourth-order valence-corrected chi connectivity index (χ4v) is 4.97. The van der Waals surface area contributed by atoms with Crippen LogP contribution in [0, 0.1) is 18.6 Å². The molecule has 4 aromatic rings. The number of aryl methyl sites for hydroxylation is 1. The smallest absolute Gasteiger partial charge is 0.280 e. The number of aliphatic hydroxyl groups excluding tert-OH is 1. The Morgan fingerprint density at radius 3 is 2.73 bits per heavy atom. The number of aliphatic hydroxyl groups is 1. The zero-order valence-corrected chi connectivity index (χ0v) is 18.4. The van der Waals surface area contributed by atoms with Crippen LogP contribution in [0.3, 0.4) is 0 Å². The third-order valence-corrected chi connectivity index (χ3v) is 6.96. The molecule has 1 fully saturated rings. The predicted octanol–water partition coefficient (Wildman–Crippen LogP) is 3.76. The summed E-state index contributed by atoms with van der Waals surface area (Å²) in [6.07, 6.45) is 2.49. The number of carbonyl (C=O) groups excluding carboxylic acids is 1. The van der Waals surface area contributed by atoms with Gasteiger partial charge in [0.05, 0.1) is 28.1 Å². The van der Waals surface area contributed by atoms with Gasteiger partial charge in [0, 0.05) is 11.6 Å². The van der Waals surface area contributed by atoms with E-state index < -0.39 is 11.6 Å². The number of fused-ring (bicyclic) bond motifs is 1. The first-order valence-corrected chi connectivity index (χ1v) is 11.3. The van der Waals surface area contributed by atoms with Crippen LogP contribution in [-0.2, 0) is 0 Å². The van der Waals surface area contributed by atoms with E-state index in [2.05, 4.69) is 30.7 Å². The van der Waals surface area contributed by atoms with Crippen molar-refractivity contribution >= 4 is 28.3 Å². The molecule has 0 radical (unpaired) electrons. The molecule has 1 aliphatic carbocycles. The zero-order valence-electron chi connectivity index (χ0n) is 17.6. The van der Waals surface area contributed by atoms with E-state index in [1.54, 1.807) is 25.1 Å². The van der Waals surface area contributed by atoms with Crippen LogP contribution >= 0.6 is 11.3 Å². The number of rotatable bonds is 4. The summed E-state index contributed by atoms with van der Waals surface area (Å²) in [5.41, 5.74) is 1.02. The van der Waals surface area contributed by atoms with Crippen molar-refractivity contribution in [3.05, 3.63) is 46.6 Å². The third kappa shape index (κ3) is 4.09. The van der Waals surface area contributed by atoms with Crippen molar-refractivity contribution in [2.45, 2.75) is 44.8 Å². The summed E-state index contributed by atoms with van der Waals surface area (Å²) < 4.78 is 29.3. The van der Waals surface area contributed by atoms with Gasteiger partial charge in [-0.25, -0.2) is 18.7 Å². The van der Waals surface area contributed by atoms with E-state index in [-0.39, 0.29) is 40.3 Å². The summed E-state index contributed by atoms with van der Waals surface area (Å²) in [6.45, 7) is 1.77. The molecule has 8 nitrogen and oxygen atoms in total. The summed E-state index contributed by atoms with van der Waals surface area (Å²) in [7, 11) is 0. The molecule has 33 heavy (non-hydrogen) atoms. The number of aromatic amines is 1. The van der Waals surface area contributed by atoms with Gasteiger partial charge in [-0.15, -0.1) is 16.4 Å². The van der Waals surface area contributed by atoms with Gasteiger partial charge in [-0.3, -0.25) is 9.89 Å². The largest absolute Gasteiger partial charge is 0.393 e. The average molecular weight is 471 g/mol. The highest BCUT2D eigenvalue weighted by Gasteiger charge is 2.24. The maximum absolute atomic E-state index is 14.9. The molecule has 0 atom stereocenters. The molecule has 170 valence electrons. The van der Waals surface area contributed by atoms with E-state index in [0.29, 0.717) is 34.1 Å². The van der Waals surface area contributed by atoms with E-state index in [0.717, 1.165) is 18.9 Å². The number of hydrogen-bond acceptors (Lipinski definition) is 7. The van der Waals surface area contributed by atoms with Crippen LogP contribution in [0.2, 0.25) is 0 Å². The molecular formula is C22H20F2N6O2S. The molecule has 0 bridgehead atoms. The van der Waals surface area contributed by atoms with Crippen LogP contribution in [0.25, 0.3) is 32.9 Å². The molecule has 1 amide bonds. The van der Waals surface area contributed by atoms with E-state index in [1.807, 2.05) is 0 Å². The maximum Gasteiger partial charge on any atom is 0.280 e. The first-order chi connectivity index (χ1) is 15.9. The second-order valence-electron chi connectivity index (χ2n) is 8.08. The number of nitrogens with zero attached hydrogens (tertiary/aromatic N) is 4. The van der Waals surface area contributed by atoms with Gasteiger partial charge in [-0.1, -0.05) is 11.3 Å². The Morgan fingerprint density at radius 1 is 1.18 bits per heavy atom. The maximum atomic E-state index is 14.9.